The molecule has 0 aliphatic heterocycles. The molecule has 1 heterocycles. The maximum atomic E-state index is 13.4. The summed E-state index contributed by atoms with van der Waals surface area (Å²) in [5.41, 5.74) is 0.406. The molecule has 0 aliphatic carbocycles. The van der Waals surface area contributed by atoms with Crippen molar-refractivity contribution >= 4 is 37.8 Å². The standard InChI is InChI=1S/C12H8Br2FNO2/c13-8-1-2-9(15)7(5-8)6-16-12(17)10-3-4-11(14)18-10/h1-5H,6H2,(H,16,17). The maximum Gasteiger partial charge on any atom is 0.287 e. The van der Waals surface area contributed by atoms with Crippen molar-refractivity contribution in [3.8, 4) is 0 Å². The molecule has 0 bridgehead atoms. The first-order valence-corrected chi connectivity index (χ1v) is 6.62. The summed E-state index contributed by atoms with van der Waals surface area (Å²) < 4.78 is 19.7. The van der Waals surface area contributed by atoms with Crippen LogP contribution in [0.3, 0.4) is 0 Å². The van der Waals surface area contributed by atoms with Gasteiger partial charge in [-0.3, -0.25) is 4.79 Å². The average Bonchev–Trinajstić information content (AvgIpc) is 2.77. The van der Waals surface area contributed by atoms with Crippen molar-refractivity contribution in [3.05, 3.63) is 56.6 Å². The first-order chi connectivity index (χ1) is 8.56. The third kappa shape index (κ3) is 3.20. The molecule has 0 atom stereocenters. The highest BCUT2D eigenvalue weighted by Gasteiger charge is 2.11. The highest BCUT2D eigenvalue weighted by atomic mass is 79.9. The molecular weight excluding hydrogens is 369 g/mol. The molecule has 0 unspecified atom stereocenters. The Labute approximate surface area is 120 Å². The predicted octanol–water partition coefficient (Wildman–Crippen LogP) is 3.87. The Bertz CT molecular complexity index is 583. The van der Waals surface area contributed by atoms with Gasteiger partial charge in [0, 0.05) is 16.6 Å². The van der Waals surface area contributed by atoms with Gasteiger partial charge in [-0.15, -0.1) is 0 Å². The maximum absolute atomic E-state index is 13.4. The van der Waals surface area contributed by atoms with Gasteiger partial charge < -0.3 is 9.73 Å². The predicted molar refractivity (Wildman–Crippen MR) is 71.7 cm³/mol. The second kappa shape index (κ2) is 5.67. The van der Waals surface area contributed by atoms with Crippen molar-refractivity contribution in [2.75, 3.05) is 0 Å². The number of hydrogen-bond acceptors (Lipinski definition) is 2. The van der Waals surface area contributed by atoms with Crippen LogP contribution in [-0.2, 0) is 6.54 Å². The Morgan fingerprint density at radius 3 is 2.72 bits per heavy atom. The van der Waals surface area contributed by atoms with Gasteiger partial charge in [-0.1, -0.05) is 15.9 Å². The van der Waals surface area contributed by atoms with Gasteiger partial charge in [-0.25, -0.2) is 4.39 Å². The molecule has 0 fully saturated rings. The molecule has 3 nitrogen and oxygen atoms in total. The summed E-state index contributed by atoms with van der Waals surface area (Å²) in [4.78, 5) is 11.7. The smallest absolute Gasteiger partial charge is 0.287 e. The number of hydrogen-bond donors (Lipinski definition) is 1. The van der Waals surface area contributed by atoms with E-state index in [1.165, 1.54) is 12.1 Å². The van der Waals surface area contributed by atoms with Gasteiger partial charge in [0.15, 0.2) is 10.4 Å². The minimum absolute atomic E-state index is 0.0996. The van der Waals surface area contributed by atoms with Crippen LogP contribution in [-0.4, -0.2) is 5.91 Å². The lowest BCUT2D eigenvalue weighted by molar-refractivity contribution is 0.0921. The van der Waals surface area contributed by atoms with Gasteiger partial charge in [0.25, 0.3) is 5.91 Å². The lowest BCUT2D eigenvalue weighted by Crippen LogP contribution is -2.22. The Hall–Kier alpha value is -1.14. The van der Waals surface area contributed by atoms with Gasteiger partial charge in [0.2, 0.25) is 0 Å². The minimum atomic E-state index is -0.389. The Kier molecular flexibility index (Phi) is 4.19. The summed E-state index contributed by atoms with van der Waals surface area (Å²) in [6, 6.07) is 7.72. The number of amides is 1. The topological polar surface area (TPSA) is 42.2 Å². The van der Waals surface area contributed by atoms with E-state index in [0.29, 0.717) is 10.2 Å². The number of rotatable bonds is 3. The summed E-state index contributed by atoms with van der Waals surface area (Å²) in [5, 5.41) is 2.58. The molecule has 0 saturated carbocycles. The molecule has 0 radical (unpaired) electrons. The first-order valence-electron chi connectivity index (χ1n) is 5.04. The van der Waals surface area contributed by atoms with Crippen LogP contribution in [0.4, 0.5) is 4.39 Å². The van der Waals surface area contributed by atoms with Crippen molar-refractivity contribution in [1.29, 1.82) is 0 Å². The van der Waals surface area contributed by atoms with Gasteiger partial charge in [-0.2, -0.15) is 0 Å². The lowest BCUT2D eigenvalue weighted by atomic mass is 10.2. The van der Waals surface area contributed by atoms with E-state index in [0.717, 1.165) is 4.47 Å². The molecule has 1 N–H and O–H groups in total. The summed E-state index contributed by atoms with van der Waals surface area (Å²) in [5.74, 6) is -0.573. The lowest BCUT2D eigenvalue weighted by Gasteiger charge is -2.05. The van der Waals surface area contributed by atoms with Crippen molar-refractivity contribution in [2.45, 2.75) is 6.54 Å². The molecule has 6 heteroatoms. The van der Waals surface area contributed by atoms with E-state index >= 15 is 0 Å². The fourth-order valence-electron chi connectivity index (χ4n) is 1.38. The van der Waals surface area contributed by atoms with Crippen molar-refractivity contribution < 1.29 is 13.6 Å². The summed E-state index contributed by atoms with van der Waals surface area (Å²) in [6.45, 7) is 0.0996. The molecule has 18 heavy (non-hydrogen) atoms. The monoisotopic (exact) mass is 375 g/mol. The number of nitrogens with one attached hydrogen (secondary N) is 1. The zero-order valence-electron chi connectivity index (χ0n) is 9.04. The molecule has 2 aromatic rings. The summed E-state index contributed by atoms with van der Waals surface area (Å²) in [7, 11) is 0. The molecule has 0 saturated heterocycles. The number of halogens is 3. The van der Waals surface area contributed by atoms with E-state index in [9.17, 15) is 9.18 Å². The van der Waals surface area contributed by atoms with E-state index in [2.05, 4.69) is 37.2 Å². The summed E-state index contributed by atoms with van der Waals surface area (Å²) >= 11 is 6.35. The minimum Gasteiger partial charge on any atom is -0.444 e. The largest absolute Gasteiger partial charge is 0.444 e. The van der Waals surface area contributed by atoms with E-state index in [4.69, 9.17) is 4.42 Å². The molecule has 0 aliphatic rings. The molecule has 2 rings (SSSR count). The van der Waals surface area contributed by atoms with E-state index in [1.807, 2.05) is 0 Å². The first kappa shape index (κ1) is 13.3. The fraction of sp³-hybridized carbons (Fsp3) is 0.0833. The summed E-state index contributed by atoms with van der Waals surface area (Å²) in [6.07, 6.45) is 0. The van der Waals surface area contributed by atoms with Crippen molar-refractivity contribution in [2.24, 2.45) is 0 Å². The van der Waals surface area contributed by atoms with Crippen LogP contribution in [0.1, 0.15) is 16.1 Å². The second-order valence-electron chi connectivity index (χ2n) is 3.52. The molecule has 1 amide bonds. The number of benzene rings is 1. The second-order valence-corrected chi connectivity index (χ2v) is 5.22. The quantitative estimate of drug-likeness (QED) is 0.883. The van der Waals surface area contributed by atoms with Crippen molar-refractivity contribution in [3.63, 3.8) is 0 Å². The number of carbonyl (C=O) groups is 1. The van der Waals surface area contributed by atoms with E-state index in [1.54, 1.807) is 18.2 Å². The fourth-order valence-corrected chi connectivity index (χ4v) is 2.09. The SMILES string of the molecule is O=C(NCc1cc(Br)ccc1F)c1ccc(Br)o1. The highest BCUT2D eigenvalue weighted by Crippen LogP contribution is 2.16. The highest BCUT2D eigenvalue weighted by molar-refractivity contribution is 9.10. The average molecular weight is 377 g/mol. The van der Waals surface area contributed by atoms with Crippen LogP contribution in [0.2, 0.25) is 0 Å². The normalized spacial score (nSPS) is 10.4. The Balaban J connectivity index is 2.03. The van der Waals surface area contributed by atoms with Gasteiger partial charge >= 0.3 is 0 Å². The van der Waals surface area contributed by atoms with Crippen LogP contribution in [0.5, 0.6) is 0 Å². The van der Waals surface area contributed by atoms with Gasteiger partial charge in [0.05, 0.1) is 0 Å². The zero-order chi connectivity index (χ0) is 13.1. The van der Waals surface area contributed by atoms with Crippen LogP contribution < -0.4 is 5.32 Å². The molecule has 1 aromatic carbocycles. The van der Waals surface area contributed by atoms with Crippen LogP contribution in [0.25, 0.3) is 0 Å². The van der Waals surface area contributed by atoms with Gasteiger partial charge in [0.1, 0.15) is 5.82 Å². The van der Waals surface area contributed by atoms with Crippen LogP contribution in [0, 0.1) is 5.82 Å². The van der Waals surface area contributed by atoms with Crippen LogP contribution >= 0.6 is 31.9 Å². The van der Waals surface area contributed by atoms with E-state index in [-0.39, 0.29) is 24.0 Å². The number of furan rings is 1. The van der Waals surface area contributed by atoms with E-state index < -0.39 is 0 Å². The zero-order valence-corrected chi connectivity index (χ0v) is 12.2. The molecule has 94 valence electrons. The molecular formula is C12H8Br2FNO2. The number of carbonyl (C=O) groups excluding carboxylic acids is 1. The third-order valence-corrected chi connectivity index (χ3v) is 3.16. The van der Waals surface area contributed by atoms with Crippen molar-refractivity contribution in [1.82, 2.24) is 5.32 Å². The Morgan fingerprint density at radius 2 is 2.06 bits per heavy atom. The van der Waals surface area contributed by atoms with Gasteiger partial charge in [-0.05, 0) is 46.3 Å². The molecule has 1 aromatic heterocycles. The van der Waals surface area contributed by atoms with Crippen LogP contribution in [0.15, 0.2) is 43.9 Å². The third-order valence-electron chi connectivity index (χ3n) is 2.24. The molecule has 0 spiro atoms. The Morgan fingerprint density at radius 1 is 1.28 bits per heavy atom.